The van der Waals surface area contributed by atoms with Crippen molar-refractivity contribution >= 4 is 38.2 Å². The lowest BCUT2D eigenvalue weighted by molar-refractivity contribution is -0.147. The zero-order valence-electron chi connectivity index (χ0n) is 25.8. The molecule has 10 heteroatoms. The van der Waals surface area contributed by atoms with Gasteiger partial charge in [-0.3, -0.25) is 4.79 Å². The van der Waals surface area contributed by atoms with Gasteiger partial charge >= 0.3 is 5.97 Å². The van der Waals surface area contributed by atoms with Crippen molar-refractivity contribution in [3.05, 3.63) is 100.0 Å². The number of rotatable bonds is 8. The van der Waals surface area contributed by atoms with Crippen LogP contribution in [0.5, 0.6) is 0 Å². The van der Waals surface area contributed by atoms with Crippen LogP contribution in [0.1, 0.15) is 42.2 Å². The Kier molecular flexibility index (Phi) is 8.84. The molecule has 1 fully saturated rings. The van der Waals surface area contributed by atoms with E-state index in [0.717, 1.165) is 24.0 Å². The minimum absolute atomic E-state index is 0.103. The Morgan fingerprint density at radius 3 is 2.63 bits per heavy atom. The smallest absolute Gasteiger partial charge is 0.308 e. The Bertz CT molecular complexity index is 2080. The lowest BCUT2D eigenvalue weighted by atomic mass is 9.86. The second kappa shape index (κ2) is 12.8. The number of hydrogen-bond acceptors (Lipinski definition) is 7. The number of methoxy groups -OCH3 is 1. The van der Waals surface area contributed by atoms with E-state index < -0.39 is 15.8 Å². The molecule has 7 nitrogen and oxygen atoms in total. The molecular formula is C36H34FN3O4S2. The average molecular weight is 656 g/mol. The minimum Gasteiger partial charge on any atom is -0.469 e. The van der Waals surface area contributed by atoms with Crippen LogP contribution in [0.25, 0.3) is 33.3 Å². The Balaban J connectivity index is 1.50. The number of thiophene rings is 1. The third-order valence-corrected chi connectivity index (χ3v) is 11.3. The molecule has 1 aliphatic rings. The molecule has 0 unspecified atom stereocenters. The first-order valence-electron chi connectivity index (χ1n) is 15.2. The molecule has 0 radical (unpaired) electrons. The van der Waals surface area contributed by atoms with Crippen molar-refractivity contribution < 1.29 is 22.3 Å². The lowest BCUT2D eigenvalue weighted by Crippen LogP contribution is -2.46. The Hall–Kier alpha value is -4.30. The Morgan fingerprint density at radius 1 is 1.11 bits per heavy atom. The molecule has 0 bridgehead atoms. The number of benzene rings is 3. The Labute approximate surface area is 272 Å². The fourth-order valence-electron chi connectivity index (χ4n) is 6.61. The monoisotopic (exact) mass is 655 g/mol. The van der Waals surface area contributed by atoms with Crippen molar-refractivity contribution in [2.45, 2.75) is 56.5 Å². The molecule has 2 aromatic heterocycles. The zero-order chi connectivity index (χ0) is 32.6. The number of esters is 1. The highest BCUT2D eigenvalue weighted by Gasteiger charge is 2.32. The molecule has 46 heavy (non-hydrogen) atoms. The summed E-state index contributed by atoms with van der Waals surface area (Å²) in [5.41, 5.74) is 4.27. The number of nitriles is 1. The first kappa shape index (κ1) is 31.7. The number of aromatic nitrogens is 1. The fraction of sp³-hybridized carbons (Fsp3) is 0.278. The summed E-state index contributed by atoms with van der Waals surface area (Å²) in [6, 6.07) is 22.8. The van der Waals surface area contributed by atoms with Crippen molar-refractivity contribution in [3.8, 4) is 28.5 Å². The molecule has 5 aromatic rings. The number of nitrogens with one attached hydrogen (secondary N) is 1. The van der Waals surface area contributed by atoms with Gasteiger partial charge in [0.25, 0.3) is 10.0 Å². The summed E-state index contributed by atoms with van der Waals surface area (Å²) in [4.78, 5) is 12.8. The summed E-state index contributed by atoms with van der Waals surface area (Å²) in [7, 11) is -2.75. The molecule has 0 aliphatic carbocycles. The molecule has 3 heterocycles. The summed E-state index contributed by atoms with van der Waals surface area (Å²) in [6.07, 6.45) is 2.87. The van der Waals surface area contributed by atoms with Gasteiger partial charge in [-0.2, -0.15) is 5.26 Å². The van der Waals surface area contributed by atoms with Gasteiger partial charge in [0.15, 0.2) is 0 Å². The minimum atomic E-state index is -4.17. The van der Waals surface area contributed by atoms with E-state index in [0.29, 0.717) is 51.0 Å². The second-order valence-electron chi connectivity index (χ2n) is 11.9. The fourth-order valence-corrected chi connectivity index (χ4v) is 8.84. The van der Waals surface area contributed by atoms with Crippen molar-refractivity contribution in [2.75, 3.05) is 7.11 Å². The second-order valence-corrected chi connectivity index (χ2v) is 14.6. The predicted octanol–water partition coefficient (Wildman–Crippen LogP) is 7.46. The molecule has 1 N–H and O–H groups in total. The highest BCUT2D eigenvalue weighted by molar-refractivity contribution is 7.90. The topological polar surface area (TPSA) is 101 Å². The van der Waals surface area contributed by atoms with Crippen molar-refractivity contribution in [1.29, 1.82) is 5.26 Å². The van der Waals surface area contributed by atoms with Gasteiger partial charge in [0.1, 0.15) is 16.8 Å². The van der Waals surface area contributed by atoms with E-state index in [1.807, 2.05) is 31.2 Å². The molecular weight excluding hydrogens is 622 g/mol. The Morgan fingerprint density at radius 2 is 1.89 bits per heavy atom. The lowest BCUT2D eigenvalue weighted by Gasteiger charge is -2.33. The number of hydrogen-bond donors (Lipinski definition) is 1. The van der Waals surface area contributed by atoms with Crippen LogP contribution < -0.4 is 5.32 Å². The third-order valence-electron chi connectivity index (χ3n) is 8.73. The predicted molar refractivity (Wildman–Crippen MR) is 179 cm³/mol. The maximum Gasteiger partial charge on any atom is 0.308 e. The number of piperidine rings is 1. The van der Waals surface area contributed by atoms with E-state index in [4.69, 9.17) is 4.74 Å². The van der Waals surface area contributed by atoms with Crippen LogP contribution in [0.3, 0.4) is 0 Å². The number of aryl methyl sites for hydroxylation is 2. The van der Waals surface area contributed by atoms with Gasteiger partial charge in [0.2, 0.25) is 0 Å². The van der Waals surface area contributed by atoms with Crippen LogP contribution in [-0.4, -0.2) is 37.6 Å². The molecule has 0 saturated carbocycles. The quantitative estimate of drug-likeness (QED) is 0.174. The number of carbonyl (C=O) groups is 1. The van der Waals surface area contributed by atoms with Crippen molar-refractivity contribution in [1.82, 2.24) is 9.29 Å². The molecule has 1 aliphatic heterocycles. The molecule has 6 rings (SSSR count). The zero-order valence-corrected chi connectivity index (χ0v) is 27.4. The van der Waals surface area contributed by atoms with Crippen molar-refractivity contribution in [3.63, 3.8) is 0 Å². The standard InChI is InChI=1S/C36H34FN3O4S2/c1-22-7-12-29(13-8-22)46(42,43)40-32-14-10-27(37)20-31(32)34(30-15-16-45-33(30)21-38)35(40)25-6-4-5-24(18-25)9-11-28-19-26(36(41)44-3)17-23(2)39-28/h4-8,10,12-16,18,20,23,26,28,39H,9,11,17,19H2,1-3H3/t23-,26+,28+/m1/s1. The maximum absolute atomic E-state index is 14.9. The number of carbonyl (C=O) groups excluding carboxylic acids is 1. The van der Waals surface area contributed by atoms with Gasteiger partial charge in [-0.15, -0.1) is 11.3 Å². The number of nitrogens with zero attached hydrogens (tertiary/aromatic N) is 2. The van der Waals surface area contributed by atoms with E-state index in [2.05, 4.69) is 18.3 Å². The molecule has 0 amide bonds. The molecule has 3 atom stereocenters. The van der Waals surface area contributed by atoms with Gasteiger partial charge in [-0.1, -0.05) is 35.9 Å². The summed E-state index contributed by atoms with van der Waals surface area (Å²) < 4.78 is 50.2. The number of fused-ring (bicyclic) bond motifs is 1. The van der Waals surface area contributed by atoms with Gasteiger partial charge in [0, 0.05) is 34.2 Å². The molecule has 1 saturated heterocycles. The van der Waals surface area contributed by atoms with E-state index in [1.54, 1.807) is 35.7 Å². The highest BCUT2D eigenvalue weighted by atomic mass is 32.2. The highest BCUT2D eigenvalue weighted by Crippen LogP contribution is 2.45. The van der Waals surface area contributed by atoms with Crippen LogP contribution >= 0.6 is 11.3 Å². The van der Waals surface area contributed by atoms with Gasteiger partial charge in [-0.05, 0) is 92.9 Å². The van der Waals surface area contributed by atoms with E-state index in [9.17, 15) is 22.9 Å². The first-order chi connectivity index (χ1) is 22.1. The van der Waals surface area contributed by atoms with Gasteiger partial charge in [0.05, 0.1) is 29.1 Å². The summed E-state index contributed by atoms with van der Waals surface area (Å²) in [6.45, 7) is 3.96. The van der Waals surface area contributed by atoms with E-state index in [1.165, 1.54) is 40.6 Å². The van der Waals surface area contributed by atoms with Gasteiger partial charge < -0.3 is 10.1 Å². The molecule has 3 aromatic carbocycles. The maximum atomic E-state index is 14.9. The molecule has 0 spiro atoms. The normalized spacial score (nSPS) is 18.4. The van der Waals surface area contributed by atoms with E-state index in [-0.39, 0.29) is 28.9 Å². The average Bonchev–Trinajstić information content (AvgIpc) is 3.65. The largest absolute Gasteiger partial charge is 0.469 e. The van der Waals surface area contributed by atoms with Crippen LogP contribution in [0.2, 0.25) is 0 Å². The number of halogens is 1. The molecule has 236 valence electrons. The third kappa shape index (κ3) is 5.98. The van der Waals surface area contributed by atoms with Crippen LogP contribution in [0.4, 0.5) is 4.39 Å². The van der Waals surface area contributed by atoms with Crippen LogP contribution in [0.15, 0.2) is 83.1 Å². The van der Waals surface area contributed by atoms with Gasteiger partial charge in [-0.25, -0.2) is 16.8 Å². The van der Waals surface area contributed by atoms with Crippen LogP contribution in [0, 0.1) is 30.0 Å². The van der Waals surface area contributed by atoms with Crippen LogP contribution in [-0.2, 0) is 26.0 Å². The van der Waals surface area contributed by atoms with E-state index >= 15 is 0 Å². The summed E-state index contributed by atoms with van der Waals surface area (Å²) >= 11 is 1.25. The number of ether oxygens (including phenoxy) is 1. The van der Waals surface area contributed by atoms with Crippen molar-refractivity contribution in [2.24, 2.45) is 5.92 Å². The summed E-state index contributed by atoms with van der Waals surface area (Å²) in [5.74, 6) is -0.840. The summed E-state index contributed by atoms with van der Waals surface area (Å²) in [5, 5.41) is 15.8. The SMILES string of the molecule is COC(=O)[C@@H]1C[C@H](CCc2cccc(-c3c(-c4ccsc4C#N)c4cc(F)ccc4n3S(=O)(=O)c3ccc(C)cc3)c2)N[C@H](C)C1. The first-order valence-corrected chi connectivity index (χ1v) is 17.5.